The van der Waals surface area contributed by atoms with Gasteiger partial charge in [-0.15, -0.1) is 0 Å². The Morgan fingerprint density at radius 1 is 1.17 bits per heavy atom. The standard InChI is InChI=1S/C16H20F5NO/c1-10(2)15-13(18)7-11(17)8-14(15)23-12-3-5-22(6-4-12)9-16(19,20)21/h7-8,10,12H,3-6,9H2,1-2H3. The van der Waals surface area contributed by atoms with Crippen molar-refractivity contribution in [2.75, 3.05) is 19.6 Å². The molecule has 1 fully saturated rings. The number of halogens is 5. The average molecular weight is 337 g/mol. The first-order chi connectivity index (χ1) is 10.7. The van der Waals surface area contributed by atoms with E-state index in [4.69, 9.17) is 4.74 Å². The smallest absolute Gasteiger partial charge is 0.401 e. The maximum absolute atomic E-state index is 13.9. The van der Waals surface area contributed by atoms with Gasteiger partial charge in [0.1, 0.15) is 23.5 Å². The first kappa shape index (κ1) is 18.0. The van der Waals surface area contributed by atoms with Crippen LogP contribution in [0, 0.1) is 11.6 Å². The van der Waals surface area contributed by atoms with Crippen molar-refractivity contribution in [3.63, 3.8) is 0 Å². The van der Waals surface area contributed by atoms with Crippen LogP contribution < -0.4 is 4.74 Å². The Labute approximate surface area is 132 Å². The lowest BCUT2D eigenvalue weighted by atomic mass is 10.0. The molecule has 0 aliphatic carbocycles. The number of nitrogens with zero attached hydrogens (tertiary/aromatic N) is 1. The van der Waals surface area contributed by atoms with Crippen molar-refractivity contribution in [3.05, 3.63) is 29.3 Å². The fraction of sp³-hybridized carbons (Fsp3) is 0.625. The highest BCUT2D eigenvalue weighted by atomic mass is 19.4. The van der Waals surface area contributed by atoms with Crippen molar-refractivity contribution in [2.24, 2.45) is 0 Å². The van der Waals surface area contributed by atoms with Gasteiger partial charge in [-0.05, 0) is 18.8 Å². The summed E-state index contributed by atoms with van der Waals surface area (Å²) in [6.07, 6.45) is -3.76. The van der Waals surface area contributed by atoms with Crippen LogP contribution in [-0.4, -0.2) is 36.8 Å². The monoisotopic (exact) mass is 337 g/mol. The van der Waals surface area contributed by atoms with Gasteiger partial charge in [0.25, 0.3) is 0 Å². The number of piperidine rings is 1. The van der Waals surface area contributed by atoms with Crippen LogP contribution >= 0.6 is 0 Å². The molecular formula is C16H20F5NO. The molecule has 0 atom stereocenters. The molecule has 1 saturated heterocycles. The van der Waals surface area contributed by atoms with Gasteiger partial charge in [-0.25, -0.2) is 8.78 Å². The minimum absolute atomic E-state index is 0.145. The van der Waals surface area contributed by atoms with Crippen molar-refractivity contribution in [1.29, 1.82) is 0 Å². The van der Waals surface area contributed by atoms with Gasteiger partial charge in [0, 0.05) is 30.8 Å². The summed E-state index contributed by atoms with van der Waals surface area (Å²) in [5.74, 6) is -1.43. The van der Waals surface area contributed by atoms with Crippen molar-refractivity contribution >= 4 is 0 Å². The first-order valence-corrected chi connectivity index (χ1v) is 7.60. The van der Waals surface area contributed by atoms with E-state index in [1.165, 1.54) is 4.90 Å². The van der Waals surface area contributed by atoms with Gasteiger partial charge in [0.2, 0.25) is 0 Å². The van der Waals surface area contributed by atoms with Crippen LogP contribution in [0.1, 0.15) is 38.2 Å². The van der Waals surface area contributed by atoms with Crippen LogP contribution in [0.25, 0.3) is 0 Å². The lowest BCUT2D eigenvalue weighted by Gasteiger charge is -2.33. The van der Waals surface area contributed by atoms with E-state index in [2.05, 4.69) is 0 Å². The zero-order valence-corrected chi connectivity index (χ0v) is 13.1. The van der Waals surface area contributed by atoms with Gasteiger partial charge in [-0.2, -0.15) is 13.2 Å². The Morgan fingerprint density at radius 2 is 1.78 bits per heavy atom. The van der Waals surface area contributed by atoms with Gasteiger partial charge >= 0.3 is 6.18 Å². The Balaban J connectivity index is 2.02. The van der Waals surface area contributed by atoms with Gasteiger partial charge < -0.3 is 4.74 Å². The number of alkyl halides is 3. The molecule has 0 aromatic heterocycles. The summed E-state index contributed by atoms with van der Waals surface area (Å²) in [4.78, 5) is 1.31. The molecule has 1 aromatic rings. The molecule has 0 unspecified atom stereocenters. The zero-order chi connectivity index (χ0) is 17.2. The maximum Gasteiger partial charge on any atom is 0.401 e. The second kappa shape index (κ2) is 7.03. The highest BCUT2D eigenvalue weighted by molar-refractivity contribution is 5.37. The summed E-state index contributed by atoms with van der Waals surface area (Å²) in [5, 5.41) is 0. The lowest BCUT2D eigenvalue weighted by Crippen LogP contribution is -2.42. The molecule has 130 valence electrons. The third-order valence-electron chi connectivity index (χ3n) is 3.86. The van der Waals surface area contributed by atoms with E-state index in [9.17, 15) is 22.0 Å². The zero-order valence-electron chi connectivity index (χ0n) is 13.1. The summed E-state index contributed by atoms with van der Waals surface area (Å²) >= 11 is 0. The highest BCUT2D eigenvalue weighted by Gasteiger charge is 2.33. The van der Waals surface area contributed by atoms with E-state index in [1.54, 1.807) is 13.8 Å². The molecule has 1 aliphatic rings. The minimum Gasteiger partial charge on any atom is -0.490 e. The SMILES string of the molecule is CC(C)c1c(F)cc(F)cc1OC1CCN(CC(F)(F)F)CC1. The second-order valence-corrected chi connectivity index (χ2v) is 6.16. The van der Waals surface area contributed by atoms with E-state index in [1.807, 2.05) is 0 Å². The van der Waals surface area contributed by atoms with Gasteiger partial charge in [-0.1, -0.05) is 13.8 Å². The van der Waals surface area contributed by atoms with Crippen LogP contribution in [0.4, 0.5) is 22.0 Å². The van der Waals surface area contributed by atoms with Gasteiger partial charge in [-0.3, -0.25) is 4.90 Å². The molecule has 2 rings (SSSR count). The highest BCUT2D eigenvalue weighted by Crippen LogP contribution is 2.32. The lowest BCUT2D eigenvalue weighted by molar-refractivity contribution is -0.149. The molecule has 0 spiro atoms. The molecule has 7 heteroatoms. The molecule has 0 saturated carbocycles. The summed E-state index contributed by atoms with van der Waals surface area (Å²) in [6, 6.07) is 1.95. The largest absolute Gasteiger partial charge is 0.490 e. The number of hydrogen-bond acceptors (Lipinski definition) is 2. The molecule has 2 nitrogen and oxygen atoms in total. The maximum atomic E-state index is 13.9. The van der Waals surface area contributed by atoms with Crippen LogP contribution in [0.2, 0.25) is 0 Å². The normalized spacial score (nSPS) is 17.7. The molecule has 0 N–H and O–H groups in total. The fourth-order valence-corrected chi connectivity index (χ4v) is 2.84. The summed E-state index contributed by atoms with van der Waals surface area (Å²) in [5.41, 5.74) is 0.295. The van der Waals surface area contributed by atoms with E-state index in [0.29, 0.717) is 18.4 Å². The molecular weight excluding hydrogens is 317 g/mol. The summed E-state index contributed by atoms with van der Waals surface area (Å²) in [7, 11) is 0. The topological polar surface area (TPSA) is 12.5 Å². The fourth-order valence-electron chi connectivity index (χ4n) is 2.84. The predicted octanol–water partition coefficient (Wildman–Crippen LogP) is 4.49. The van der Waals surface area contributed by atoms with Crippen LogP contribution in [0.3, 0.4) is 0 Å². The number of hydrogen-bond donors (Lipinski definition) is 0. The molecule has 1 aliphatic heterocycles. The molecule has 1 aromatic carbocycles. The number of rotatable bonds is 4. The van der Waals surface area contributed by atoms with E-state index in [-0.39, 0.29) is 30.9 Å². The van der Waals surface area contributed by atoms with Gasteiger partial charge in [0.15, 0.2) is 0 Å². The van der Waals surface area contributed by atoms with Crippen molar-refractivity contribution in [2.45, 2.75) is 44.9 Å². The molecule has 1 heterocycles. The molecule has 0 radical (unpaired) electrons. The van der Waals surface area contributed by atoms with Crippen LogP contribution in [-0.2, 0) is 0 Å². The van der Waals surface area contributed by atoms with Crippen molar-refractivity contribution in [1.82, 2.24) is 4.90 Å². The Morgan fingerprint density at radius 3 is 2.30 bits per heavy atom. The van der Waals surface area contributed by atoms with E-state index < -0.39 is 24.4 Å². The molecule has 0 bridgehead atoms. The number of ether oxygens (including phenoxy) is 1. The Bertz CT molecular complexity index is 536. The van der Waals surface area contributed by atoms with Crippen molar-refractivity contribution in [3.8, 4) is 5.75 Å². The minimum atomic E-state index is -4.22. The number of benzene rings is 1. The second-order valence-electron chi connectivity index (χ2n) is 6.16. The predicted molar refractivity (Wildman–Crippen MR) is 76.6 cm³/mol. The molecule has 23 heavy (non-hydrogen) atoms. The Hall–Kier alpha value is -1.37. The van der Waals surface area contributed by atoms with E-state index >= 15 is 0 Å². The van der Waals surface area contributed by atoms with E-state index in [0.717, 1.165) is 12.1 Å². The quantitative estimate of drug-likeness (QED) is 0.751. The van der Waals surface area contributed by atoms with Crippen molar-refractivity contribution < 1.29 is 26.7 Å². The summed E-state index contributed by atoms with van der Waals surface area (Å²) < 4.78 is 70.1. The first-order valence-electron chi connectivity index (χ1n) is 7.60. The third kappa shape index (κ3) is 5.06. The van der Waals surface area contributed by atoms with Crippen LogP contribution in [0.5, 0.6) is 5.75 Å². The Kier molecular flexibility index (Phi) is 5.49. The third-order valence-corrected chi connectivity index (χ3v) is 3.86. The van der Waals surface area contributed by atoms with Crippen LogP contribution in [0.15, 0.2) is 12.1 Å². The summed E-state index contributed by atoms with van der Waals surface area (Å²) in [6.45, 7) is 3.10. The van der Waals surface area contributed by atoms with Gasteiger partial charge in [0.05, 0.1) is 6.54 Å². The average Bonchev–Trinajstić information content (AvgIpc) is 2.38. The molecule has 0 amide bonds. The number of likely N-dealkylation sites (tertiary alicyclic amines) is 1.